The minimum atomic E-state index is -0.896. The number of hydrogen-bond acceptors (Lipinski definition) is 6. The summed E-state index contributed by atoms with van der Waals surface area (Å²) < 4.78 is 23.8. The van der Waals surface area contributed by atoms with Gasteiger partial charge in [0.25, 0.3) is 0 Å². The van der Waals surface area contributed by atoms with Crippen molar-refractivity contribution in [3.63, 3.8) is 0 Å². The third kappa shape index (κ3) is 9.87. The van der Waals surface area contributed by atoms with Gasteiger partial charge in [-0.3, -0.25) is 0 Å². The number of aliphatic hydroxyl groups is 2. The van der Waals surface area contributed by atoms with Crippen molar-refractivity contribution in [3.05, 3.63) is 88.5 Å². The molecule has 0 radical (unpaired) electrons. The van der Waals surface area contributed by atoms with Crippen LogP contribution >= 0.6 is 0 Å². The molecule has 218 valence electrons. The van der Waals surface area contributed by atoms with Crippen molar-refractivity contribution in [2.75, 3.05) is 27.4 Å². The molecular weight excluding hydrogens is 496 g/mol. The summed E-state index contributed by atoms with van der Waals surface area (Å²) in [6, 6.07) is 14.7. The number of fused-ring (bicyclic) bond motifs is 2. The van der Waals surface area contributed by atoms with Crippen molar-refractivity contribution in [3.8, 4) is 5.75 Å². The summed E-state index contributed by atoms with van der Waals surface area (Å²) >= 11 is 0. The maximum atomic E-state index is 10.5. The number of hydrogen-bond donors (Lipinski definition) is 2. The highest BCUT2D eigenvalue weighted by atomic mass is 16.7. The van der Waals surface area contributed by atoms with Crippen LogP contribution in [0.1, 0.15) is 69.2 Å². The second-order valence-corrected chi connectivity index (χ2v) is 9.28. The smallest absolute Gasteiger partial charge is 0.198 e. The molecule has 0 aliphatic carbocycles. The third-order valence-corrected chi connectivity index (χ3v) is 6.32. The van der Waals surface area contributed by atoms with E-state index in [1.807, 2.05) is 26.0 Å². The minimum absolute atomic E-state index is 0. The van der Waals surface area contributed by atoms with E-state index in [1.165, 1.54) is 16.7 Å². The summed E-state index contributed by atoms with van der Waals surface area (Å²) in [6.45, 7) is 9.70. The van der Waals surface area contributed by atoms with Gasteiger partial charge in [-0.05, 0) is 60.2 Å². The van der Waals surface area contributed by atoms with Gasteiger partial charge >= 0.3 is 0 Å². The van der Waals surface area contributed by atoms with Gasteiger partial charge in [0.05, 0.1) is 25.4 Å². The van der Waals surface area contributed by atoms with Crippen LogP contribution in [-0.4, -0.2) is 55.3 Å². The van der Waals surface area contributed by atoms with Crippen LogP contribution in [0.15, 0.2) is 66.3 Å². The molecule has 7 nitrogen and oxygen atoms in total. The monoisotopic (exact) mass is 544 g/mol. The first kappa shape index (κ1) is 34.5. The van der Waals surface area contributed by atoms with Crippen LogP contribution in [0.2, 0.25) is 0 Å². The van der Waals surface area contributed by atoms with E-state index in [0.29, 0.717) is 32.7 Å². The van der Waals surface area contributed by atoms with Crippen LogP contribution in [0.5, 0.6) is 5.75 Å². The Morgan fingerprint density at radius 2 is 1.87 bits per heavy atom. The fourth-order valence-electron chi connectivity index (χ4n) is 4.70. The second kappa shape index (κ2) is 17.9. The molecule has 0 aromatic heterocycles. The maximum absolute atomic E-state index is 10.5. The molecule has 0 unspecified atom stereocenters. The molecule has 2 heterocycles. The van der Waals surface area contributed by atoms with E-state index < -0.39 is 11.9 Å². The number of rotatable bonds is 9. The average molecular weight is 545 g/mol. The summed E-state index contributed by atoms with van der Waals surface area (Å²) in [4.78, 5) is 0. The summed E-state index contributed by atoms with van der Waals surface area (Å²) in [7, 11) is 2.65. The predicted octanol–water partition coefficient (Wildman–Crippen LogP) is 5.25. The van der Waals surface area contributed by atoms with Crippen molar-refractivity contribution in [2.45, 2.75) is 78.0 Å². The van der Waals surface area contributed by atoms with Gasteiger partial charge < -0.3 is 34.6 Å². The first-order valence-corrected chi connectivity index (χ1v) is 13.6. The van der Waals surface area contributed by atoms with Gasteiger partial charge in [-0.25, -0.2) is 0 Å². The molecule has 39 heavy (non-hydrogen) atoms. The standard InChI is InChI=1S/C29H36O5.C2H6.CH4O.H2O/c1-4-5-6-8-21(2)18-32-26-10-7-9-22(14-26)13-23-11-12-24-19-33-29(28(24)15-23)17-25(30)16-27(34-29)20-31-3;2*1-2;/h5-12,14-15,25,27,30H,4,13,16-20H2,1-3H3;1-2H3;2H,1H3;1H2/b6-5-,21-8+;;;/t25-,27-,29+;;;/m0.../s1. The van der Waals surface area contributed by atoms with Crippen LogP contribution in [0.25, 0.3) is 0 Å². The van der Waals surface area contributed by atoms with E-state index in [4.69, 9.17) is 24.1 Å². The van der Waals surface area contributed by atoms with Crippen molar-refractivity contribution in [1.82, 2.24) is 0 Å². The Labute approximate surface area is 234 Å². The Balaban J connectivity index is 0.00000145. The number of allylic oxidation sites excluding steroid dienone is 3. The molecule has 4 N–H and O–H groups in total. The topological polar surface area (TPSA) is 109 Å². The van der Waals surface area contributed by atoms with Crippen molar-refractivity contribution in [2.24, 2.45) is 0 Å². The lowest BCUT2D eigenvalue weighted by Crippen LogP contribution is -2.45. The van der Waals surface area contributed by atoms with Gasteiger partial charge in [0.1, 0.15) is 12.4 Å². The lowest BCUT2D eigenvalue weighted by atomic mass is 9.90. The maximum Gasteiger partial charge on any atom is 0.198 e. The third-order valence-electron chi connectivity index (χ3n) is 6.32. The van der Waals surface area contributed by atoms with E-state index >= 15 is 0 Å². The molecule has 1 spiro atoms. The van der Waals surface area contributed by atoms with E-state index in [9.17, 15) is 5.11 Å². The first-order chi connectivity index (χ1) is 18.5. The highest BCUT2D eigenvalue weighted by molar-refractivity contribution is 5.41. The summed E-state index contributed by atoms with van der Waals surface area (Å²) in [5.74, 6) is -0.0282. The average Bonchev–Trinajstić information content (AvgIpc) is 3.26. The Morgan fingerprint density at radius 3 is 2.59 bits per heavy atom. The number of benzene rings is 2. The van der Waals surface area contributed by atoms with Gasteiger partial charge in [0, 0.05) is 32.6 Å². The molecule has 2 aromatic carbocycles. The SMILES string of the molecule is CC.CC/C=C\C=C(/C)COc1cccc(Cc2ccc3c(c2)[C@]2(C[C@@H](O)C[C@@H](COC)O2)OC3)c1.CO.O. The van der Waals surface area contributed by atoms with Crippen molar-refractivity contribution < 1.29 is 34.6 Å². The van der Waals surface area contributed by atoms with Gasteiger partial charge in [-0.15, -0.1) is 0 Å². The molecule has 1 saturated heterocycles. The lowest BCUT2D eigenvalue weighted by Gasteiger charge is -2.40. The summed E-state index contributed by atoms with van der Waals surface area (Å²) in [5.41, 5.74) is 5.68. The Bertz CT molecular complexity index is 1030. The van der Waals surface area contributed by atoms with Crippen LogP contribution in [0.3, 0.4) is 0 Å². The molecule has 0 saturated carbocycles. The number of aliphatic hydroxyl groups excluding tert-OH is 2. The Hall–Kier alpha value is -2.52. The first-order valence-electron chi connectivity index (χ1n) is 13.6. The van der Waals surface area contributed by atoms with Crippen LogP contribution in [0.4, 0.5) is 0 Å². The normalized spacial score (nSPS) is 21.8. The Kier molecular flexibility index (Phi) is 15.9. The number of methoxy groups -OCH3 is 1. The molecule has 0 bridgehead atoms. The lowest BCUT2D eigenvalue weighted by molar-refractivity contribution is -0.303. The summed E-state index contributed by atoms with van der Waals surface area (Å²) in [6.07, 6.45) is 8.44. The van der Waals surface area contributed by atoms with Crippen molar-refractivity contribution in [1.29, 1.82) is 0 Å². The zero-order valence-electron chi connectivity index (χ0n) is 24.4. The van der Waals surface area contributed by atoms with E-state index in [1.54, 1.807) is 7.11 Å². The van der Waals surface area contributed by atoms with Crippen LogP contribution in [0, 0.1) is 0 Å². The van der Waals surface area contributed by atoms with Gasteiger partial charge in [-0.1, -0.05) is 63.3 Å². The molecule has 4 rings (SSSR count). The minimum Gasteiger partial charge on any atom is -0.489 e. The summed E-state index contributed by atoms with van der Waals surface area (Å²) in [5, 5.41) is 17.5. The van der Waals surface area contributed by atoms with Gasteiger partial charge in [0.2, 0.25) is 0 Å². The fourth-order valence-corrected chi connectivity index (χ4v) is 4.70. The molecule has 3 atom stereocenters. The highest BCUT2D eigenvalue weighted by Gasteiger charge is 2.48. The van der Waals surface area contributed by atoms with E-state index in [2.05, 4.69) is 62.4 Å². The molecule has 1 fully saturated rings. The molecular formula is C32H48O7. The second-order valence-electron chi connectivity index (χ2n) is 9.28. The fraction of sp³-hybridized carbons (Fsp3) is 0.500. The molecule has 7 heteroatoms. The Morgan fingerprint density at radius 1 is 1.13 bits per heavy atom. The molecule has 2 aliphatic heterocycles. The van der Waals surface area contributed by atoms with Gasteiger partial charge in [-0.2, -0.15) is 0 Å². The number of ether oxygens (including phenoxy) is 4. The largest absolute Gasteiger partial charge is 0.489 e. The zero-order chi connectivity index (χ0) is 28.0. The van der Waals surface area contributed by atoms with Crippen molar-refractivity contribution >= 4 is 0 Å². The molecule has 2 aliphatic rings. The quantitative estimate of drug-likeness (QED) is 0.418. The molecule has 2 aromatic rings. The van der Waals surface area contributed by atoms with E-state index in [-0.39, 0.29) is 11.6 Å². The van der Waals surface area contributed by atoms with Crippen LogP contribution < -0.4 is 4.74 Å². The van der Waals surface area contributed by atoms with Crippen LogP contribution in [-0.2, 0) is 33.0 Å². The van der Waals surface area contributed by atoms with Gasteiger partial charge in [0.15, 0.2) is 5.79 Å². The van der Waals surface area contributed by atoms with E-state index in [0.717, 1.165) is 36.8 Å². The molecule has 0 amide bonds. The zero-order valence-corrected chi connectivity index (χ0v) is 24.4. The predicted molar refractivity (Wildman–Crippen MR) is 156 cm³/mol. The highest BCUT2D eigenvalue weighted by Crippen LogP contribution is 2.46.